The van der Waals surface area contributed by atoms with Gasteiger partial charge in [-0.15, -0.1) is 11.3 Å². The van der Waals surface area contributed by atoms with Crippen molar-refractivity contribution in [3.8, 4) is 0 Å². The van der Waals surface area contributed by atoms with Gasteiger partial charge in [0.15, 0.2) is 0 Å². The number of nitrogens with zero attached hydrogens (tertiary/aromatic N) is 4. The maximum atomic E-state index is 12.9. The molecule has 0 spiro atoms. The Balaban J connectivity index is 1.49. The standard InChI is InChI=1S/C21H24N4OS/c1-2-18-8-9-19(27-18)21(26)25-12-5-6-16(14-25)20-23-11-13-24(20)15-17-7-3-4-10-22-17/h3-4,7-11,13,16H,2,5-6,12,14-15H2,1H3/t16-/m0/s1. The van der Waals surface area contributed by atoms with E-state index in [0.717, 1.165) is 48.7 Å². The Hall–Kier alpha value is -2.47. The SMILES string of the molecule is CCc1ccc(C(=O)N2CCC[C@H](c3nccn3Cc3ccccn3)C2)s1. The Morgan fingerprint density at radius 2 is 2.15 bits per heavy atom. The van der Waals surface area contributed by atoms with Crippen molar-refractivity contribution in [1.29, 1.82) is 0 Å². The van der Waals surface area contributed by atoms with Gasteiger partial charge < -0.3 is 9.47 Å². The number of amides is 1. The van der Waals surface area contributed by atoms with Crippen molar-refractivity contribution in [3.63, 3.8) is 0 Å². The van der Waals surface area contributed by atoms with Crippen LogP contribution in [0, 0.1) is 0 Å². The van der Waals surface area contributed by atoms with E-state index in [2.05, 4.69) is 27.5 Å². The van der Waals surface area contributed by atoms with Gasteiger partial charge in [0.1, 0.15) is 5.82 Å². The van der Waals surface area contributed by atoms with Crippen LogP contribution >= 0.6 is 11.3 Å². The molecular weight excluding hydrogens is 356 g/mol. The van der Waals surface area contributed by atoms with Crippen molar-refractivity contribution < 1.29 is 4.79 Å². The predicted octanol–water partition coefficient (Wildman–Crippen LogP) is 3.97. The number of carbonyl (C=O) groups is 1. The lowest BCUT2D eigenvalue weighted by atomic mass is 9.97. The third-order valence-corrected chi connectivity index (χ3v) is 6.32. The molecule has 3 aromatic rings. The third kappa shape index (κ3) is 3.95. The third-order valence-electron chi connectivity index (χ3n) is 5.10. The van der Waals surface area contributed by atoms with Crippen LogP contribution in [0.15, 0.2) is 48.9 Å². The summed E-state index contributed by atoms with van der Waals surface area (Å²) in [6, 6.07) is 10.0. The van der Waals surface area contributed by atoms with E-state index in [1.54, 1.807) is 11.3 Å². The molecule has 6 heteroatoms. The molecule has 1 aliphatic heterocycles. The van der Waals surface area contributed by atoms with Crippen LogP contribution in [-0.4, -0.2) is 38.4 Å². The first-order valence-corrected chi connectivity index (χ1v) is 10.3. The lowest BCUT2D eigenvalue weighted by molar-refractivity contribution is 0.0708. The number of pyridine rings is 1. The van der Waals surface area contributed by atoms with Crippen molar-refractivity contribution in [1.82, 2.24) is 19.4 Å². The largest absolute Gasteiger partial charge is 0.337 e. The Bertz CT molecular complexity index is 902. The summed E-state index contributed by atoms with van der Waals surface area (Å²) in [5.74, 6) is 1.48. The van der Waals surface area contributed by atoms with Crippen LogP contribution in [0.5, 0.6) is 0 Å². The monoisotopic (exact) mass is 380 g/mol. The zero-order valence-electron chi connectivity index (χ0n) is 15.5. The van der Waals surface area contributed by atoms with E-state index in [1.165, 1.54) is 4.88 Å². The van der Waals surface area contributed by atoms with Gasteiger partial charge in [0.05, 0.1) is 17.1 Å². The van der Waals surface area contributed by atoms with E-state index in [4.69, 9.17) is 0 Å². The van der Waals surface area contributed by atoms with Gasteiger partial charge >= 0.3 is 0 Å². The molecule has 1 atom stereocenters. The molecule has 0 aromatic carbocycles. The minimum absolute atomic E-state index is 0.159. The second-order valence-electron chi connectivity index (χ2n) is 6.94. The van der Waals surface area contributed by atoms with Crippen molar-refractivity contribution >= 4 is 17.2 Å². The van der Waals surface area contributed by atoms with Gasteiger partial charge in [-0.3, -0.25) is 9.78 Å². The summed E-state index contributed by atoms with van der Waals surface area (Å²) in [4.78, 5) is 26.1. The van der Waals surface area contributed by atoms with Gasteiger partial charge in [0.2, 0.25) is 0 Å². The summed E-state index contributed by atoms with van der Waals surface area (Å²) in [6.45, 7) is 4.40. The summed E-state index contributed by atoms with van der Waals surface area (Å²) in [5, 5.41) is 0. The highest BCUT2D eigenvalue weighted by Gasteiger charge is 2.28. The number of hydrogen-bond acceptors (Lipinski definition) is 4. The average Bonchev–Trinajstić information content (AvgIpc) is 3.38. The summed E-state index contributed by atoms with van der Waals surface area (Å²) < 4.78 is 2.17. The average molecular weight is 381 g/mol. The molecule has 0 radical (unpaired) electrons. The normalized spacial score (nSPS) is 17.2. The minimum atomic E-state index is 0.159. The maximum Gasteiger partial charge on any atom is 0.263 e. The molecule has 0 aliphatic carbocycles. The fourth-order valence-electron chi connectivity index (χ4n) is 3.69. The zero-order chi connectivity index (χ0) is 18.6. The molecule has 140 valence electrons. The van der Waals surface area contributed by atoms with E-state index in [9.17, 15) is 4.79 Å². The molecular formula is C21H24N4OS. The second-order valence-corrected chi connectivity index (χ2v) is 8.11. The molecule has 0 saturated carbocycles. The number of likely N-dealkylation sites (tertiary alicyclic amines) is 1. The van der Waals surface area contributed by atoms with Crippen molar-refractivity contribution in [2.75, 3.05) is 13.1 Å². The molecule has 1 amide bonds. The fraction of sp³-hybridized carbons (Fsp3) is 0.381. The van der Waals surface area contributed by atoms with E-state index in [1.807, 2.05) is 47.8 Å². The van der Waals surface area contributed by atoms with Crippen LogP contribution in [0.1, 0.15) is 51.8 Å². The number of aromatic nitrogens is 3. The molecule has 0 bridgehead atoms. The van der Waals surface area contributed by atoms with Gasteiger partial charge in [-0.1, -0.05) is 13.0 Å². The van der Waals surface area contributed by atoms with Gasteiger partial charge in [0, 0.05) is 42.5 Å². The fourth-order valence-corrected chi connectivity index (χ4v) is 4.61. The van der Waals surface area contributed by atoms with E-state index < -0.39 is 0 Å². The molecule has 0 N–H and O–H groups in total. The van der Waals surface area contributed by atoms with Crippen LogP contribution in [-0.2, 0) is 13.0 Å². The van der Waals surface area contributed by atoms with Crippen LogP contribution < -0.4 is 0 Å². The number of carbonyl (C=O) groups excluding carboxylic acids is 1. The van der Waals surface area contributed by atoms with Crippen molar-refractivity contribution in [2.45, 2.75) is 38.6 Å². The Morgan fingerprint density at radius 3 is 2.93 bits per heavy atom. The van der Waals surface area contributed by atoms with Crippen LogP contribution in [0.2, 0.25) is 0 Å². The molecule has 4 heterocycles. The molecule has 1 aliphatic rings. The van der Waals surface area contributed by atoms with Gasteiger partial charge in [0.25, 0.3) is 5.91 Å². The van der Waals surface area contributed by atoms with Gasteiger partial charge in [-0.2, -0.15) is 0 Å². The van der Waals surface area contributed by atoms with E-state index in [0.29, 0.717) is 6.54 Å². The first-order valence-electron chi connectivity index (χ1n) is 9.53. The number of thiophene rings is 1. The number of hydrogen-bond donors (Lipinski definition) is 0. The zero-order valence-corrected chi connectivity index (χ0v) is 16.4. The smallest absolute Gasteiger partial charge is 0.263 e. The number of rotatable bonds is 5. The van der Waals surface area contributed by atoms with Crippen LogP contribution in [0.25, 0.3) is 0 Å². The van der Waals surface area contributed by atoms with E-state index in [-0.39, 0.29) is 11.8 Å². The summed E-state index contributed by atoms with van der Waals surface area (Å²) in [6.07, 6.45) is 8.74. The number of piperidine rings is 1. The van der Waals surface area contributed by atoms with Gasteiger partial charge in [-0.05, 0) is 43.5 Å². The lowest BCUT2D eigenvalue weighted by Crippen LogP contribution is -2.39. The first kappa shape index (κ1) is 17.9. The number of aryl methyl sites for hydroxylation is 1. The quantitative estimate of drug-likeness (QED) is 0.673. The predicted molar refractivity (Wildman–Crippen MR) is 107 cm³/mol. The highest BCUT2D eigenvalue weighted by molar-refractivity contribution is 7.14. The Morgan fingerprint density at radius 1 is 1.22 bits per heavy atom. The highest BCUT2D eigenvalue weighted by atomic mass is 32.1. The van der Waals surface area contributed by atoms with E-state index >= 15 is 0 Å². The van der Waals surface area contributed by atoms with Crippen molar-refractivity contribution in [3.05, 3.63) is 70.2 Å². The summed E-state index contributed by atoms with van der Waals surface area (Å²) >= 11 is 1.62. The molecule has 27 heavy (non-hydrogen) atoms. The van der Waals surface area contributed by atoms with Crippen LogP contribution in [0.4, 0.5) is 0 Å². The molecule has 3 aromatic heterocycles. The second kappa shape index (κ2) is 8.05. The van der Waals surface area contributed by atoms with Crippen LogP contribution in [0.3, 0.4) is 0 Å². The number of imidazole rings is 1. The highest BCUT2D eigenvalue weighted by Crippen LogP contribution is 2.28. The topological polar surface area (TPSA) is 51.0 Å². The molecule has 0 unspecified atom stereocenters. The molecule has 1 fully saturated rings. The molecule has 5 nitrogen and oxygen atoms in total. The maximum absolute atomic E-state index is 12.9. The molecule has 1 saturated heterocycles. The van der Waals surface area contributed by atoms with Gasteiger partial charge in [-0.25, -0.2) is 4.98 Å². The first-order chi connectivity index (χ1) is 13.2. The Kier molecular flexibility index (Phi) is 5.34. The summed E-state index contributed by atoms with van der Waals surface area (Å²) in [7, 11) is 0. The Labute approximate surface area is 163 Å². The minimum Gasteiger partial charge on any atom is -0.337 e. The summed E-state index contributed by atoms with van der Waals surface area (Å²) in [5.41, 5.74) is 1.02. The molecule has 4 rings (SSSR count). The lowest BCUT2D eigenvalue weighted by Gasteiger charge is -2.32. The van der Waals surface area contributed by atoms with Crippen molar-refractivity contribution in [2.24, 2.45) is 0 Å².